The van der Waals surface area contributed by atoms with Crippen molar-refractivity contribution in [1.82, 2.24) is 19.9 Å². The number of H-pyrrole nitrogens is 1. The minimum absolute atomic E-state index is 0.170. The Labute approximate surface area is 138 Å². The van der Waals surface area contributed by atoms with Crippen molar-refractivity contribution in [3.8, 4) is 11.6 Å². The molecule has 0 aromatic carbocycles. The number of hydrogen-bond donors (Lipinski definition) is 2. The van der Waals surface area contributed by atoms with Crippen LogP contribution in [0.4, 0.5) is 5.82 Å². The lowest BCUT2D eigenvalue weighted by Crippen LogP contribution is -2.42. The van der Waals surface area contributed by atoms with E-state index in [4.69, 9.17) is 14.9 Å². The van der Waals surface area contributed by atoms with Gasteiger partial charge >= 0.3 is 5.97 Å². The summed E-state index contributed by atoms with van der Waals surface area (Å²) in [5.41, 5.74) is 6.29. The fourth-order valence-corrected chi connectivity index (χ4v) is 2.74. The Balaban J connectivity index is 1.71. The molecule has 1 amide bonds. The molecule has 3 N–H and O–H groups in total. The van der Waals surface area contributed by atoms with Crippen LogP contribution in [0.25, 0.3) is 11.6 Å². The van der Waals surface area contributed by atoms with Crippen molar-refractivity contribution in [3.05, 3.63) is 18.3 Å². The van der Waals surface area contributed by atoms with Gasteiger partial charge < -0.3 is 24.8 Å². The number of aromatic nitrogens is 3. The standard InChI is InChI=1S/C15H19N5O4/c1-2-23-15(22)9-4-3-5-20(6-9)14(21)10-7-24-13(19-10)11-12(16)18-8-17-11/h7-9H,2-6,16H2,1H3,(H,17,18). The van der Waals surface area contributed by atoms with E-state index in [1.165, 1.54) is 12.6 Å². The number of carbonyl (C=O) groups is 2. The molecule has 1 saturated heterocycles. The number of nitrogen functional groups attached to an aromatic ring is 1. The molecule has 0 aliphatic carbocycles. The van der Waals surface area contributed by atoms with Crippen molar-refractivity contribution >= 4 is 17.7 Å². The number of aromatic amines is 1. The number of rotatable bonds is 4. The Bertz CT molecular complexity index is 738. The van der Waals surface area contributed by atoms with Crippen LogP contribution in [0.3, 0.4) is 0 Å². The summed E-state index contributed by atoms with van der Waals surface area (Å²) in [6, 6.07) is 0. The Morgan fingerprint density at radius 2 is 2.38 bits per heavy atom. The van der Waals surface area contributed by atoms with Gasteiger partial charge in [-0.1, -0.05) is 0 Å². The van der Waals surface area contributed by atoms with Gasteiger partial charge in [-0.25, -0.2) is 9.97 Å². The fraction of sp³-hybridized carbons (Fsp3) is 0.467. The number of anilines is 1. The van der Waals surface area contributed by atoms with Gasteiger partial charge in [0.2, 0.25) is 5.89 Å². The third kappa shape index (κ3) is 3.10. The first-order chi connectivity index (χ1) is 11.6. The minimum Gasteiger partial charge on any atom is -0.466 e. The van der Waals surface area contributed by atoms with Crippen LogP contribution in [0.1, 0.15) is 30.3 Å². The molecule has 0 spiro atoms. The maximum atomic E-state index is 12.6. The fourth-order valence-electron chi connectivity index (χ4n) is 2.74. The highest BCUT2D eigenvalue weighted by Gasteiger charge is 2.31. The number of imidazole rings is 1. The largest absolute Gasteiger partial charge is 0.466 e. The molecule has 24 heavy (non-hydrogen) atoms. The van der Waals surface area contributed by atoms with Gasteiger partial charge in [-0.3, -0.25) is 9.59 Å². The van der Waals surface area contributed by atoms with Crippen LogP contribution in [-0.2, 0) is 9.53 Å². The molecule has 2 aromatic rings. The van der Waals surface area contributed by atoms with E-state index in [1.54, 1.807) is 11.8 Å². The third-order valence-electron chi connectivity index (χ3n) is 3.93. The molecule has 2 aromatic heterocycles. The Hall–Kier alpha value is -2.84. The van der Waals surface area contributed by atoms with Crippen LogP contribution in [0, 0.1) is 5.92 Å². The summed E-state index contributed by atoms with van der Waals surface area (Å²) >= 11 is 0. The first-order valence-corrected chi connectivity index (χ1v) is 7.80. The maximum Gasteiger partial charge on any atom is 0.310 e. The zero-order valence-corrected chi connectivity index (χ0v) is 13.3. The van der Waals surface area contributed by atoms with Crippen molar-refractivity contribution < 1.29 is 18.7 Å². The highest BCUT2D eigenvalue weighted by atomic mass is 16.5. The number of piperidine rings is 1. The number of amides is 1. The number of likely N-dealkylation sites (tertiary alicyclic amines) is 1. The number of esters is 1. The van der Waals surface area contributed by atoms with Crippen molar-refractivity contribution in [3.63, 3.8) is 0 Å². The highest BCUT2D eigenvalue weighted by Crippen LogP contribution is 2.23. The van der Waals surface area contributed by atoms with E-state index >= 15 is 0 Å². The molecule has 3 heterocycles. The lowest BCUT2D eigenvalue weighted by Gasteiger charge is -2.30. The van der Waals surface area contributed by atoms with Gasteiger partial charge in [0.05, 0.1) is 18.9 Å². The van der Waals surface area contributed by atoms with Crippen LogP contribution in [0.15, 0.2) is 17.0 Å². The SMILES string of the molecule is CCOC(=O)C1CCCN(C(=O)c2coc(-c3[nH]cnc3N)n2)C1. The Kier molecular flexibility index (Phi) is 4.50. The minimum atomic E-state index is -0.294. The predicted octanol–water partition coefficient (Wildman–Crippen LogP) is 1.06. The predicted molar refractivity (Wildman–Crippen MR) is 83.8 cm³/mol. The molecule has 1 aliphatic rings. The van der Waals surface area contributed by atoms with Crippen molar-refractivity contribution in [2.75, 3.05) is 25.4 Å². The van der Waals surface area contributed by atoms with E-state index < -0.39 is 0 Å². The second-order valence-corrected chi connectivity index (χ2v) is 5.54. The van der Waals surface area contributed by atoms with Crippen LogP contribution >= 0.6 is 0 Å². The number of oxazole rings is 1. The molecule has 128 valence electrons. The van der Waals surface area contributed by atoms with E-state index in [0.29, 0.717) is 25.4 Å². The molecule has 1 fully saturated rings. The molecule has 0 saturated carbocycles. The first kappa shape index (κ1) is 16.0. The van der Waals surface area contributed by atoms with Crippen LogP contribution < -0.4 is 5.73 Å². The third-order valence-corrected chi connectivity index (χ3v) is 3.93. The first-order valence-electron chi connectivity index (χ1n) is 7.80. The van der Waals surface area contributed by atoms with Gasteiger partial charge in [-0.2, -0.15) is 0 Å². The summed E-state index contributed by atoms with van der Waals surface area (Å²) in [6.45, 7) is 3.00. The monoisotopic (exact) mass is 333 g/mol. The molecule has 0 radical (unpaired) electrons. The maximum absolute atomic E-state index is 12.6. The van der Waals surface area contributed by atoms with Crippen LogP contribution in [0.2, 0.25) is 0 Å². The zero-order valence-electron chi connectivity index (χ0n) is 13.3. The Morgan fingerprint density at radius 3 is 3.08 bits per heavy atom. The van der Waals surface area contributed by atoms with Gasteiger partial charge in [-0.05, 0) is 19.8 Å². The Morgan fingerprint density at radius 1 is 1.54 bits per heavy atom. The quantitative estimate of drug-likeness (QED) is 0.801. The van der Waals surface area contributed by atoms with Gasteiger partial charge in [0.25, 0.3) is 5.91 Å². The molecule has 0 bridgehead atoms. The summed E-state index contributed by atoms with van der Waals surface area (Å²) in [4.78, 5) is 36.9. The summed E-state index contributed by atoms with van der Waals surface area (Å²) in [7, 11) is 0. The van der Waals surface area contributed by atoms with E-state index in [-0.39, 0.29) is 35.2 Å². The van der Waals surface area contributed by atoms with E-state index in [2.05, 4.69) is 15.0 Å². The molecule has 1 atom stereocenters. The molecular formula is C15H19N5O4. The molecule has 1 aliphatic heterocycles. The van der Waals surface area contributed by atoms with E-state index in [1.807, 2.05) is 0 Å². The van der Waals surface area contributed by atoms with Crippen LogP contribution in [-0.4, -0.2) is 51.4 Å². The average Bonchev–Trinajstić information content (AvgIpc) is 3.23. The number of ether oxygens (including phenoxy) is 1. The summed E-state index contributed by atoms with van der Waals surface area (Å²) in [5.74, 6) is -0.390. The van der Waals surface area contributed by atoms with Gasteiger partial charge in [0.1, 0.15) is 12.0 Å². The summed E-state index contributed by atoms with van der Waals surface area (Å²) < 4.78 is 10.4. The second kappa shape index (κ2) is 6.73. The average molecular weight is 333 g/mol. The molecular weight excluding hydrogens is 314 g/mol. The number of nitrogens with one attached hydrogen (secondary N) is 1. The summed E-state index contributed by atoms with van der Waals surface area (Å²) in [5, 5.41) is 0. The molecule has 9 heteroatoms. The normalized spacial score (nSPS) is 17.7. The van der Waals surface area contributed by atoms with Gasteiger partial charge in [0, 0.05) is 13.1 Å². The van der Waals surface area contributed by atoms with Gasteiger partial charge in [-0.15, -0.1) is 0 Å². The zero-order chi connectivity index (χ0) is 17.1. The topological polar surface area (TPSA) is 127 Å². The van der Waals surface area contributed by atoms with Crippen molar-refractivity contribution in [2.24, 2.45) is 5.92 Å². The van der Waals surface area contributed by atoms with E-state index in [9.17, 15) is 9.59 Å². The number of nitrogens with two attached hydrogens (primary N) is 1. The highest BCUT2D eigenvalue weighted by molar-refractivity contribution is 5.93. The smallest absolute Gasteiger partial charge is 0.310 e. The lowest BCUT2D eigenvalue weighted by atomic mass is 9.98. The van der Waals surface area contributed by atoms with Gasteiger partial charge in [0.15, 0.2) is 11.5 Å². The number of hydrogen-bond acceptors (Lipinski definition) is 7. The van der Waals surface area contributed by atoms with E-state index in [0.717, 1.165) is 12.8 Å². The lowest BCUT2D eigenvalue weighted by molar-refractivity contribution is -0.149. The van der Waals surface area contributed by atoms with Crippen molar-refractivity contribution in [1.29, 1.82) is 0 Å². The molecule has 1 unspecified atom stereocenters. The molecule has 9 nitrogen and oxygen atoms in total. The number of carbonyl (C=O) groups excluding carboxylic acids is 2. The second-order valence-electron chi connectivity index (χ2n) is 5.54. The number of nitrogens with zero attached hydrogens (tertiary/aromatic N) is 3. The van der Waals surface area contributed by atoms with Crippen molar-refractivity contribution in [2.45, 2.75) is 19.8 Å². The molecule has 3 rings (SSSR count). The summed E-state index contributed by atoms with van der Waals surface area (Å²) in [6.07, 6.45) is 4.17. The van der Waals surface area contributed by atoms with Crippen LogP contribution in [0.5, 0.6) is 0 Å².